The molecule has 0 unspecified atom stereocenters. The first-order valence-corrected chi connectivity index (χ1v) is 10.5. The summed E-state index contributed by atoms with van der Waals surface area (Å²) >= 11 is 0. The summed E-state index contributed by atoms with van der Waals surface area (Å²) in [5.74, 6) is -0.845. The highest BCUT2D eigenvalue weighted by molar-refractivity contribution is 5.79. The lowest BCUT2D eigenvalue weighted by Crippen LogP contribution is -2.38. The molecule has 0 heterocycles. The molecule has 180 valence electrons. The van der Waals surface area contributed by atoms with E-state index in [0.29, 0.717) is 11.5 Å². The average Bonchev–Trinajstić information content (AvgIpc) is 2.83. The van der Waals surface area contributed by atoms with Crippen molar-refractivity contribution in [2.24, 2.45) is 10.8 Å². The minimum absolute atomic E-state index is 0.297. The summed E-state index contributed by atoms with van der Waals surface area (Å²) in [6.45, 7) is 4.74. The first-order valence-electron chi connectivity index (χ1n) is 10.5. The van der Waals surface area contributed by atoms with E-state index < -0.39 is 54.6 Å². The molecule has 8 heteroatoms. The number of hydrogen-bond donors (Lipinski definition) is 4. The molecule has 2 rings (SSSR count). The minimum Gasteiger partial charge on any atom is -0.426 e. The van der Waals surface area contributed by atoms with Crippen molar-refractivity contribution >= 4 is 11.9 Å². The smallest absolute Gasteiger partial charge is 0.321 e. The molecule has 0 aliphatic rings. The van der Waals surface area contributed by atoms with E-state index in [-0.39, 0.29) is 0 Å². The normalized spacial score (nSPS) is 12.4. The Morgan fingerprint density at radius 2 is 0.879 bits per heavy atom. The van der Waals surface area contributed by atoms with Gasteiger partial charge in [-0.25, -0.2) is 0 Å². The third-order valence-corrected chi connectivity index (χ3v) is 5.95. The maximum absolute atomic E-state index is 12.2. The van der Waals surface area contributed by atoms with Gasteiger partial charge in [-0.2, -0.15) is 0 Å². The summed E-state index contributed by atoms with van der Waals surface area (Å²) in [4.78, 5) is 24.4. The quantitative estimate of drug-likeness (QED) is 0.312. The fraction of sp³-hybridized carbons (Fsp3) is 0.440. The van der Waals surface area contributed by atoms with Crippen LogP contribution in [-0.2, 0) is 15.0 Å². The van der Waals surface area contributed by atoms with E-state index in [0.717, 1.165) is 11.1 Å². The van der Waals surface area contributed by atoms with Crippen molar-refractivity contribution in [3.8, 4) is 11.5 Å². The lowest BCUT2D eigenvalue weighted by molar-refractivity contribution is -0.150. The summed E-state index contributed by atoms with van der Waals surface area (Å²) < 4.78 is 10.6. The summed E-state index contributed by atoms with van der Waals surface area (Å²) in [6, 6.07) is 13.9. The Kier molecular flexibility index (Phi) is 8.37. The average molecular weight is 461 g/mol. The highest BCUT2D eigenvalue weighted by Crippen LogP contribution is 2.34. The van der Waals surface area contributed by atoms with Crippen LogP contribution in [0.2, 0.25) is 0 Å². The zero-order valence-corrected chi connectivity index (χ0v) is 19.4. The van der Waals surface area contributed by atoms with Gasteiger partial charge in [-0.05, 0) is 49.2 Å². The van der Waals surface area contributed by atoms with Crippen molar-refractivity contribution in [3.63, 3.8) is 0 Å². The first kappa shape index (κ1) is 26.5. The molecule has 0 atom stereocenters. The second kappa shape index (κ2) is 10.4. The Labute approximate surface area is 193 Å². The summed E-state index contributed by atoms with van der Waals surface area (Å²) in [7, 11) is 0. The van der Waals surface area contributed by atoms with E-state index in [9.17, 15) is 30.0 Å². The molecule has 33 heavy (non-hydrogen) atoms. The number of carbonyl (C=O) groups excluding carboxylic acids is 2. The van der Waals surface area contributed by atoms with Crippen molar-refractivity contribution in [3.05, 3.63) is 59.7 Å². The van der Waals surface area contributed by atoms with Gasteiger partial charge in [-0.1, -0.05) is 38.1 Å². The van der Waals surface area contributed by atoms with Crippen LogP contribution in [0.3, 0.4) is 0 Å². The monoisotopic (exact) mass is 460 g/mol. The molecule has 0 radical (unpaired) electrons. The topological polar surface area (TPSA) is 134 Å². The van der Waals surface area contributed by atoms with Gasteiger partial charge in [0.1, 0.15) is 22.3 Å². The Morgan fingerprint density at radius 3 is 1.12 bits per heavy atom. The maximum Gasteiger partial charge on any atom is 0.321 e. The molecule has 4 N–H and O–H groups in total. The lowest BCUT2D eigenvalue weighted by Gasteiger charge is -2.27. The van der Waals surface area contributed by atoms with Crippen molar-refractivity contribution in [2.75, 3.05) is 26.4 Å². The van der Waals surface area contributed by atoms with Crippen molar-refractivity contribution < 1.29 is 39.5 Å². The highest BCUT2D eigenvalue weighted by atomic mass is 16.5. The third kappa shape index (κ3) is 5.78. The SMILES string of the molecule is CC(CO)(CO)C(=O)Oc1ccc(C(C)(C)c2ccc(OC(=O)C(C)(CO)CO)cc2)cc1. The van der Waals surface area contributed by atoms with Crippen LogP contribution in [-0.4, -0.2) is 58.8 Å². The Morgan fingerprint density at radius 1 is 0.606 bits per heavy atom. The van der Waals surface area contributed by atoms with Gasteiger partial charge >= 0.3 is 11.9 Å². The van der Waals surface area contributed by atoms with E-state index in [1.165, 1.54) is 13.8 Å². The fourth-order valence-corrected chi connectivity index (χ4v) is 2.86. The number of hydrogen-bond acceptors (Lipinski definition) is 8. The van der Waals surface area contributed by atoms with Gasteiger partial charge in [0.2, 0.25) is 0 Å². The molecule has 0 spiro atoms. The number of benzene rings is 2. The Hall–Kier alpha value is -2.78. The van der Waals surface area contributed by atoms with Gasteiger partial charge in [0.05, 0.1) is 26.4 Å². The highest BCUT2D eigenvalue weighted by Gasteiger charge is 2.35. The molecule has 0 aliphatic carbocycles. The van der Waals surface area contributed by atoms with E-state index >= 15 is 0 Å². The molecule has 2 aromatic rings. The molecule has 0 saturated heterocycles. The largest absolute Gasteiger partial charge is 0.426 e. The molecule has 0 bridgehead atoms. The molecular weight excluding hydrogens is 428 g/mol. The molecule has 0 aromatic heterocycles. The van der Waals surface area contributed by atoms with E-state index in [1.54, 1.807) is 24.3 Å². The summed E-state index contributed by atoms with van der Waals surface area (Å²) in [6.07, 6.45) is 0. The molecule has 0 aliphatic heterocycles. The van der Waals surface area contributed by atoms with Crippen LogP contribution in [0.4, 0.5) is 0 Å². The number of carbonyl (C=O) groups is 2. The van der Waals surface area contributed by atoms with Crippen molar-refractivity contribution in [2.45, 2.75) is 33.1 Å². The Bertz CT molecular complexity index is 862. The van der Waals surface area contributed by atoms with E-state index in [4.69, 9.17) is 9.47 Å². The molecule has 0 saturated carbocycles. The summed E-state index contributed by atoms with van der Waals surface area (Å²) in [5, 5.41) is 37.3. The van der Waals surface area contributed by atoms with E-state index in [2.05, 4.69) is 0 Å². The van der Waals surface area contributed by atoms with Crippen molar-refractivity contribution in [1.82, 2.24) is 0 Å². The van der Waals surface area contributed by atoms with Crippen LogP contribution in [0, 0.1) is 10.8 Å². The maximum atomic E-state index is 12.2. The number of aliphatic hydroxyl groups excluding tert-OH is 4. The predicted octanol–water partition coefficient (Wildman–Crippen LogP) is 1.81. The van der Waals surface area contributed by atoms with Gasteiger partial charge < -0.3 is 29.9 Å². The minimum atomic E-state index is -1.38. The number of ether oxygens (including phenoxy) is 2. The van der Waals surface area contributed by atoms with Crippen molar-refractivity contribution in [1.29, 1.82) is 0 Å². The van der Waals surface area contributed by atoms with Crippen LogP contribution in [0.5, 0.6) is 11.5 Å². The summed E-state index contributed by atoms with van der Waals surface area (Å²) in [5.41, 5.74) is -1.32. The van der Waals surface area contributed by atoms with E-state index in [1.807, 2.05) is 38.1 Å². The first-order chi connectivity index (χ1) is 15.5. The number of rotatable bonds is 10. The van der Waals surface area contributed by atoms with Gasteiger partial charge in [-0.3, -0.25) is 9.59 Å². The second-order valence-corrected chi connectivity index (χ2v) is 9.21. The molecule has 8 nitrogen and oxygen atoms in total. The lowest BCUT2D eigenvalue weighted by atomic mass is 9.78. The third-order valence-electron chi connectivity index (χ3n) is 5.95. The zero-order chi connectivity index (χ0) is 24.9. The predicted molar refractivity (Wildman–Crippen MR) is 121 cm³/mol. The van der Waals surface area contributed by atoms with Crippen LogP contribution < -0.4 is 9.47 Å². The van der Waals surface area contributed by atoms with Gasteiger partial charge in [0, 0.05) is 5.41 Å². The Balaban J connectivity index is 2.15. The molecule has 2 aromatic carbocycles. The van der Waals surface area contributed by atoms with Crippen LogP contribution in [0.25, 0.3) is 0 Å². The fourth-order valence-electron chi connectivity index (χ4n) is 2.86. The van der Waals surface area contributed by atoms with Gasteiger partial charge in [0.25, 0.3) is 0 Å². The number of esters is 2. The van der Waals surface area contributed by atoms with Gasteiger partial charge in [0.15, 0.2) is 0 Å². The van der Waals surface area contributed by atoms with Crippen LogP contribution in [0.1, 0.15) is 38.8 Å². The molecular formula is C25H32O8. The second-order valence-electron chi connectivity index (χ2n) is 9.21. The number of aliphatic hydroxyl groups is 4. The van der Waals surface area contributed by atoms with Crippen LogP contribution in [0.15, 0.2) is 48.5 Å². The standard InChI is InChI=1S/C25H32O8/c1-23(2,17-5-9-19(10-6-17)32-21(30)24(3,13-26)14-27)18-7-11-20(12-8-18)33-22(31)25(4,15-28)16-29/h5-12,26-29H,13-16H2,1-4H3. The zero-order valence-electron chi connectivity index (χ0n) is 19.4. The molecule has 0 amide bonds. The van der Waals surface area contributed by atoms with Crippen LogP contribution >= 0.6 is 0 Å². The molecule has 0 fully saturated rings. The van der Waals surface area contributed by atoms with Gasteiger partial charge in [-0.15, -0.1) is 0 Å².